The molecule has 6 heteroatoms. The van der Waals surface area contributed by atoms with E-state index in [4.69, 9.17) is 0 Å². The van der Waals surface area contributed by atoms with E-state index in [1.165, 1.54) is 16.9 Å². The van der Waals surface area contributed by atoms with Gasteiger partial charge in [-0.15, -0.1) is 0 Å². The molecular formula is C13H20NOPS3. The zero-order valence-electron chi connectivity index (χ0n) is 11.6. The van der Waals surface area contributed by atoms with Crippen molar-refractivity contribution in [3.05, 3.63) is 35.9 Å². The number of carbonyl (C=O) groups excluding carboxylic acids is 1. The summed E-state index contributed by atoms with van der Waals surface area (Å²) in [7, 11) is 3.52. The van der Waals surface area contributed by atoms with E-state index in [1.54, 1.807) is 9.77 Å². The molecule has 0 fully saturated rings. The summed E-state index contributed by atoms with van der Waals surface area (Å²) in [5.41, 5.74) is 0.707. The number of rotatable bonds is 4. The fourth-order valence-electron chi connectivity index (χ4n) is 1.47. The van der Waals surface area contributed by atoms with Crippen molar-refractivity contribution in [2.45, 2.75) is 38.2 Å². The molecule has 0 radical (unpaired) electrons. The van der Waals surface area contributed by atoms with Crippen LogP contribution in [-0.4, -0.2) is 16.4 Å². The fourth-order valence-corrected chi connectivity index (χ4v) is 12.0. The number of amides is 1. The molecule has 1 N–H and O–H groups in total. The van der Waals surface area contributed by atoms with Gasteiger partial charge in [0.15, 0.2) is 0 Å². The zero-order chi connectivity index (χ0) is 14.3. The van der Waals surface area contributed by atoms with E-state index in [0.717, 1.165) is 0 Å². The molecule has 0 bridgehead atoms. The molecule has 1 amide bonds. The van der Waals surface area contributed by atoms with Crippen molar-refractivity contribution in [1.82, 2.24) is 4.72 Å². The quantitative estimate of drug-likeness (QED) is 0.481. The monoisotopic (exact) mass is 333 g/mol. The summed E-state index contributed by atoms with van der Waals surface area (Å²) in [4.78, 5) is 11.8. The Hall–Kier alpha value is 0.0400. The predicted octanol–water partition coefficient (Wildman–Crippen LogP) is 4.92. The summed E-state index contributed by atoms with van der Waals surface area (Å²) in [5, 5.41) is 1.39. The molecule has 1 aromatic rings. The van der Waals surface area contributed by atoms with Crippen LogP contribution >= 0.6 is 26.7 Å². The van der Waals surface area contributed by atoms with E-state index < -0.39 is 0 Å². The second kappa shape index (κ2) is 9.06. The topological polar surface area (TPSA) is 29.1 Å². The Morgan fingerprint density at radius 3 is 2.26 bits per heavy atom. The third-order valence-electron chi connectivity index (χ3n) is 2.29. The van der Waals surface area contributed by atoms with Crippen molar-refractivity contribution in [2.24, 2.45) is 0 Å². The van der Waals surface area contributed by atoms with Crippen molar-refractivity contribution < 1.29 is 4.79 Å². The summed E-state index contributed by atoms with van der Waals surface area (Å²) in [6.45, 7) is 9.07. The van der Waals surface area contributed by atoms with E-state index in [1.807, 2.05) is 30.3 Å². The molecule has 19 heavy (non-hydrogen) atoms. The van der Waals surface area contributed by atoms with E-state index in [0.29, 0.717) is 26.1 Å². The maximum atomic E-state index is 11.8. The Labute approximate surface area is 126 Å². The molecule has 0 aliphatic rings. The third-order valence-corrected chi connectivity index (χ3v) is 12.9. The minimum atomic E-state index is -0.0257. The van der Waals surface area contributed by atoms with Gasteiger partial charge in [0.2, 0.25) is 0 Å². The second-order valence-corrected chi connectivity index (χ2v) is 13.1. The zero-order valence-corrected chi connectivity index (χ0v) is 15.0. The van der Waals surface area contributed by atoms with Gasteiger partial charge in [-0.25, -0.2) is 0 Å². The van der Waals surface area contributed by atoms with Crippen LogP contribution in [0.4, 0.5) is 0 Å². The van der Waals surface area contributed by atoms with Gasteiger partial charge in [0.1, 0.15) is 0 Å². The van der Waals surface area contributed by atoms with Crippen LogP contribution < -0.4 is 4.72 Å². The Bertz CT molecular complexity index is 527. The first kappa shape index (κ1) is 17.1. The SMILES string of the molecule is CC(C)S(=P#SSNC(=O)c1ccccc1)C(C)C. The Morgan fingerprint density at radius 2 is 1.74 bits per heavy atom. The van der Waals surface area contributed by atoms with Crippen LogP contribution in [0.15, 0.2) is 30.3 Å². The normalized spacial score (nSPS) is 10.9. The van der Waals surface area contributed by atoms with Crippen molar-refractivity contribution in [3.63, 3.8) is 0 Å². The van der Waals surface area contributed by atoms with E-state index in [2.05, 4.69) is 32.4 Å². The van der Waals surface area contributed by atoms with Gasteiger partial charge in [-0.3, -0.25) is 0 Å². The Kier molecular flexibility index (Phi) is 8.15. The first-order chi connectivity index (χ1) is 9.02. The molecule has 0 spiro atoms. The van der Waals surface area contributed by atoms with Gasteiger partial charge in [0.25, 0.3) is 0 Å². The molecule has 0 aromatic heterocycles. The Morgan fingerprint density at radius 1 is 1.16 bits per heavy atom. The number of nitrogens with one attached hydrogen (secondary N) is 1. The van der Waals surface area contributed by atoms with E-state index in [-0.39, 0.29) is 5.91 Å². The average molecular weight is 333 g/mol. The Balaban J connectivity index is 2.64. The molecule has 0 atom stereocenters. The second-order valence-electron chi connectivity index (χ2n) is 4.47. The number of carbonyl (C=O) groups is 1. The van der Waals surface area contributed by atoms with Crippen LogP contribution in [0.5, 0.6) is 0 Å². The summed E-state index contributed by atoms with van der Waals surface area (Å²) in [5.74, 6) is 1.33. The van der Waals surface area contributed by atoms with Crippen LogP contribution in [0.2, 0.25) is 0 Å². The van der Waals surface area contributed by atoms with Gasteiger partial charge >= 0.3 is 126 Å². The van der Waals surface area contributed by atoms with Crippen molar-refractivity contribution in [3.8, 4) is 0 Å². The van der Waals surface area contributed by atoms with E-state index >= 15 is 0 Å². The molecule has 0 aliphatic heterocycles. The van der Waals surface area contributed by atoms with Gasteiger partial charge in [-0.1, -0.05) is 0 Å². The molecule has 106 valence electrons. The standard InChI is InChI=1S/C13H20NOPS3/c1-10(2)19(11(3)4)16-18-17-14-13(15)12-8-6-5-7-9-12/h5-11H,1-4H3,(H,14,15). The van der Waals surface area contributed by atoms with Crippen LogP contribution in [-0.2, 0) is 10.1 Å². The van der Waals surface area contributed by atoms with Gasteiger partial charge in [0.05, 0.1) is 0 Å². The van der Waals surface area contributed by atoms with Gasteiger partial charge in [-0.2, -0.15) is 0 Å². The van der Waals surface area contributed by atoms with Crippen molar-refractivity contribution in [1.29, 1.82) is 0 Å². The van der Waals surface area contributed by atoms with Crippen LogP contribution in [0.1, 0.15) is 38.1 Å². The number of benzene rings is 1. The minimum absolute atomic E-state index is 0.0257. The summed E-state index contributed by atoms with van der Waals surface area (Å²) >= 11 is 0. The molecule has 1 aromatic carbocycles. The first-order valence-corrected chi connectivity index (χ1v) is 11.7. The van der Waals surface area contributed by atoms with Crippen LogP contribution in [0.25, 0.3) is 0 Å². The van der Waals surface area contributed by atoms with Crippen LogP contribution in [0, 0.1) is 0 Å². The average Bonchev–Trinajstić information content (AvgIpc) is 2.38. The molecule has 2 nitrogen and oxygen atoms in total. The molecule has 0 heterocycles. The van der Waals surface area contributed by atoms with Gasteiger partial charge in [0, 0.05) is 0 Å². The molecule has 0 unspecified atom stereocenters. The van der Waals surface area contributed by atoms with Gasteiger partial charge < -0.3 is 0 Å². The van der Waals surface area contributed by atoms with Crippen LogP contribution in [0.3, 0.4) is 0 Å². The first-order valence-electron chi connectivity index (χ1n) is 6.13. The summed E-state index contributed by atoms with van der Waals surface area (Å²) in [6, 6.07) is 9.31. The number of hydrogen-bond acceptors (Lipinski definition) is 2. The van der Waals surface area contributed by atoms with Crippen molar-refractivity contribution in [2.75, 3.05) is 0 Å². The van der Waals surface area contributed by atoms with E-state index in [9.17, 15) is 4.79 Å². The maximum absolute atomic E-state index is 11.8. The molecule has 0 aliphatic carbocycles. The molecular weight excluding hydrogens is 313 g/mol. The number of hydrogen-bond donors (Lipinski definition) is 1. The molecule has 0 saturated carbocycles. The summed E-state index contributed by atoms with van der Waals surface area (Å²) < 4.78 is 2.87. The van der Waals surface area contributed by atoms with Crippen molar-refractivity contribution >= 4 is 42.7 Å². The predicted molar refractivity (Wildman–Crippen MR) is 93.6 cm³/mol. The van der Waals surface area contributed by atoms with Gasteiger partial charge in [-0.05, 0) is 0 Å². The molecule has 1 rings (SSSR count). The third kappa shape index (κ3) is 6.35. The summed E-state index contributed by atoms with van der Waals surface area (Å²) in [6.07, 6.45) is 0. The molecule has 0 saturated heterocycles. The fraction of sp³-hybridized carbons (Fsp3) is 0.462.